The Morgan fingerprint density at radius 1 is 1.08 bits per heavy atom. The van der Waals surface area contributed by atoms with Crippen molar-refractivity contribution in [2.24, 2.45) is 0 Å². The zero-order valence-electron chi connectivity index (χ0n) is 14.2. The number of thioether (sulfide) groups is 1. The van der Waals surface area contributed by atoms with Crippen LogP contribution in [0.5, 0.6) is 0 Å². The number of nitrogens with zero attached hydrogens (tertiary/aromatic N) is 1. The van der Waals surface area contributed by atoms with Gasteiger partial charge in [0.15, 0.2) is 0 Å². The van der Waals surface area contributed by atoms with E-state index in [9.17, 15) is 4.79 Å². The van der Waals surface area contributed by atoms with E-state index < -0.39 is 0 Å². The van der Waals surface area contributed by atoms with Gasteiger partial charge in [0.2, 0.25) is 0 Å². The molecule has 3 heteroatoms. The molecule has 0 aromatic heterocycles. The minimum absolute atomic E-state index is 0.0878. The van der Waals surface area contributed by atoms with E-state index in [0.29, 0.717) is 11.2 Å². The number of rotatable bonds is 0. The van der Waals surface area contributed by atoms with Crippen LogP contribution >= 0.6 is 11.8 Å². The summed E-state index contributed by atoms with van der Waals surface area (Å²) >= 11 is 2.01. The summed E-state index contributed by atoms with van der Waals surface area (Å²) in [7, 11) is 2.00. The average Bonchev–Trinajstić information content (AvgIpc) is 2.86. The topological polar surface area (TPSA) is 20.3 Å². The largest absolute Gasteiger partial charge is 0.325 e. The van der Waals surface area contributed by atoms with Crippen LogP contribution in [-0.4, -0.2) is 28.0 Å². The first-order chi connectivity index (χ1) is 11.5. The van der Waals surface area contributed by atoms with Crippen molar-refractivity contribution in [2.75, 3.05) is 7.05 Å². The molecule has 5 rings (SSSR count). The molecule has 0 bridgehead atoms. The molecule has 2 aliphatic heterocycles. The highest BCUT2D eigenvalue weighted by molar-refractivity contribution is 8.03. The predicted octanol–water partition coefficient (Wildman–Crippen LogP) is 4.20. The number of hydrogen-bond donors (Lipinski definition) is 0. The van der Waals surface area contributed by atoms with Gasteiger partial charge in [-0.25, -0.2) is 0 Å². The van der Waals surface area contributed by atoms with Gasteiger partial charge in [-0.1, -0.05) is 56.3 Å². The van der Waals surface area contributed by atoms with Crippen molar-refractivity contribution in [1.29, 1.82) is 0 Å². The normalized spacial score (nSPS) is 32.1. The maximum atomic E-state index is 13.1. The van der Waals surface area contributed by atoms with E-state index in [4.69, 9.17) is 0 Å². The summed E-state index contributed by atoms with van der Waals surface area (Å²) in [6.45, 7) is 4.64. The molecular weight excluding hydrogens is 314 g/mol. The van der Waals surface area contributed by atoms with Crippen molar-refractivity contribution in [3.63, 3.8) is 0 Å². The number of likely N-dealkylation sites (N-methyl/N-ethyl adjacent to an activating group) is 1. The van der Waals surface area contributed by atoms with Crippen LogP contribution in [0.1, 0.15) is 46.8 Å². The lowest BCUT2D eigenvalue weighted by atomic mass is 9.65. The molecule has 1 saturated heterocycles. The second-order valence-corrected chi connectivity index (χ2v) is 9.23. The monoisotopic (exact) mass is 335 g/mol. The first-order valence-electron chi connectivity index (χ1n) is 8.62. The van der Waals surface area contributed by atoms with Gasteiger partial charge in [-0.15, -0.1) is 11.8 Å². The fraction of sp³-hybridized carbons (Fsp3) is 0.381. The second-order valence-electron chi connectivity index (χ2n) is 7.77. The molecule has 0 N–H and O–H groups in total. The molecule has 3 atom stereocenters. The Labute approximate surface area is 147 Å². The molecule has 1 fully saturated rings. The Morgan fingerprint density at radius 3 is 2.62 bits per heavy atom. The van der Waals surface area contributed by atoms with Gasteiger partial charge in [0.25, 0.3) is 5.91 Å². The van der Waals surface area contributed by atoms with Crippen molar-refractivity contribution in [1.82, 2.24) is 4.90 Å². The summed E-state index contributed by atoms with van der Waals surface area (Å²) in [5, 5.41) is 0.599. The first-order valence-corrected chi connectivity index (χ1v) is 9.50. The molecular formula is C21H21NOS. The molecule has 2 nitrogen and oxygen atoms in total. The van der Waals surface area contributed by atoms with Crippen LogP contribution < -0.4 is 0 Å². The lowest BCUT2D eigenvalue weighted by Gasteiger charge is -2.66. The third kappa shape index (κ3) is 1.44. The molecule has 24 heavy (non-hydrogen) atoms. The fourth-order valence-electron chi connectivity index (χ4n) is 5.34. The number of benzene rings is 2. The first kappa shape index (κ1) is 14.6. The third-order valence-electron chi connectivity index (χ3n) is 6.46. The number of fused-ring (bicyclic) bond motifs is 5. The molecule has 1 spiro atoms. The summed E-state index contributed by atoms with van der Waals surface area (Å²) in [6, 6.07) is 17.0. The highest BCUT2D eigenvalue weighted by Crippen LogP contribution is 2.71. The molecule has 2 heterocycles. The molecule has 122 valence electrons. The summed E-state index contributed by atoms with van der Waals surface area (Å²) in [5.41, 5.74) is 4.89. The SMILES string of the molecule is CN1C(=O)c2ccccc2C(C)(C)[C@@]12SC1Cc3ccccc3C12. The number of carbonyl (C=O) groups is 1. The highest BCUT2D eigenvalue weighted by Gasteiger charge is 2.70. The zero-order chi connectivity index (χ0) is 16.7. The second kappa shape index (κ2) is 4.45. The van der Waals surface area contributed by atoms with E-state index in [1.54, 1.807) is 0 Å². The van der Waals surface area contributed by atoms with Gasteiger partial charge < -0.3 is 4.90 Å². The zero-order valence-corrected chi connectivity index (χ0v) is 15.1. The molecule has 3 aliphatic rings. The van der Waals surface area contributed by atoms with Gasteiger partial charge in [-0.2, -0.15) is 0 Å². The summed E-state index contributed by atoms with van der Waals surface area (Å²) in [4.78, 5) is 15.0. The standard InChI is InChI=1S/C21H21NOS/c1-20(2)16-11-7-6-10-15(16)19(23)22(3)21(20)18-14-9-5-4-8-13(14)12-17(18)24-21/h4-11,17-18H,12H2,1-3H3/t17?,18?,21-/m1/s1. The van der Waals surface area contributed by atoms with E-state index in [1.165, 1.54) is 16.7 Å². The smallest absolute Gasteiger partial charge is 0.255 e. The molecule has 2 aromatic rings. The summed E-state index contributed by atoms with van der Waals surface area (Å²) in [6.07, 6.45) is 1.13. The van der Waals surface area contributed by atoms with Crippen LogP contribution in [0.15, 0.2) is 48.5 Å². The van der Waals surface area contributed by atoms with Crippen LogP contribution in [0.2, 0.25) is 0 Å². The van der Waals surface area contributed by atoms with E-state index in [-0.39, 0.29) is 16.2 Å². The number of hydrogen-bond acceptors (Lipinski definition) is 2. The molecule has 2 aromatic carbocycles. The van der Waals surface area contributed by atoms with Gasteiger partial charge in [0.05, 0.1) is 0 Å². The van der Waals surface area contributed by atoms with Gasteiger partial charge >= 0.3 is 0 Å². The van der Waals surface area contributed by atoms with E-state index >= 15 is 0 Å². The Morgan fingerprint density at radius 2 is 1.79 bits per heavy atom. The summed E-state index contributed by atoms with van der Waals surface area (Å²) in [5.74, 6) is 0.594. The van der Waals surface area contributed by atoms with Crippen LogP contribution in [0.3, 0.4) is 0 Å². The minimum atomic E-state index is -0.185. The van der Waals surface area contributed by atoms with Crippen LogP contribution in [0, 0.1) is 0 Å². The third-order valence-corrected chi connectivity index (χ3v) is 8.60. The Bertz CT molecular complexity index is 874. The van der Waals surface area contributed by atoms with Crippen molar-refractivity contribution >= 4 is 17.7 Å². The molecule has 1 aliphatic carbocycles. The van der Waals surface area contributed by atoms with Crippen LogP contribution in [0.25, 0.3) is 0 Å². The van der Waals surface area contributed by atoms with Crippen molar-refractivity contribution in [3.8, 4) is 0 Å². The number of carbonyl (C=O) groups excluding carboxylic acids is 1. The number of amides is 1. The van der Waals surface area contributed by atoms with Crippen LogP contribution in [0.4, 0.5) is 0 Å². The Hall–Kier alpha value is -1.74. The highest BCUT2D eigenvalue weighted by atomic mass is 32.2. The molecule has 0 radical (unpaired) electrons. The molecule has 1 amide bonds. The van der Waals surface area contributed by atoms with E-state index in [2.05, 4.69) is 50.2 Å². The van der Waals surface area contributed by atoms with Crippen molar-refractivity contribution < 1.29 is 4.79 Å². The lowest BCUT2D eigenvalue weighted by Crippen LogP contribution is -2.71. The van der Waals surface area contributed by atoms with Gasteiger partial charge in [0.1, 0.15) is 4.87 Å². The molecule has 0 saturated carbocycles. The predicted molar refractivity (Wildman–Crippen MR) is 98.6 cm³/mol. The average molecular weight is 335 g/mol. The van der Waals surface area contributed by atoms with Gasteiger partial charge in [0, 0.05) is 29.2 Å². The quantitative estimate of drug-likeness (QED) is 0.719. The lowest BCUT2D eigenvalue weighted by molar-refractivity contribution is 0.0417. The van der Waals surface area contributed by atoms with Crippen LogP contribution in [-0.2, 0) is 11.8 Å². The van der Waals surface area contributed by atoms with E-state index in [0.717, 1.165) is 12.0 Å². The Kier molecular flexibility index (Phi) is 2.71. The minimum Gasteiger partial charge on any atom is -0.325 e. The summed E-state index contributed by atoms with van der Waals surface area (Å²) < 4.78 is 0. The van der Waals surface area contributed by atoms with Crippen molar-refractivity contribution in [3.05, 3.63) is 70.8 Å². The maximum absolute atomic E-state index is 13.1. The molecule has 2 unspecified atom stereocenters. The van der Waals surface area contributed by atoms with Gasteiger partial charge in [-0.3, -0.25) is 4.79 Å². The fourth-order valence-corrected chi connectivity index (χ4v) is 7.41. The maximum Gasteiger partial charge on any atom is 0.255 e. The van der Waals surface area contributed by atoms with Crippen molar-refractivity contribution in [2.45, 2.75) is 41.7 Å². The van der Waals surface area contributed by atoms with Gasteiger partial charge in [-0.05, 0) is 29.2 Å². The van der Waals surface area contributed by atoms with E-state index in [1.807, 2.05) is 35.8 Å². The Balaban J connectivity index is 1.74.